The Balaban J connectivity index is 1.53. The van der Waals surface area contributed by atoms with Gasteiger partial charge in [-0.3, -0.25) is 4.79 Å². The van der Waals surface area contributed by atoms with Gasteiger partial charge in [0.1, 0.15) is 5.78 Å². The molecule has 2 aliphatic rings. The van der Waals surface area contributed by atoms with Gasteiger partial charge in [0.2, 0.25) is 0 Å². The molecular weight excluding hydrogens is 214 g/mol. The molecule has 0 aliphatic carbocycles. The Bertz CT molecular complexity index is 230. The smallest absolute Gasteiger partial charge is 0.133 e. The lowest BCUT2D eigenvalue weighted by Crippen LogP contribution is -2.34. The van der Waals surface area contributed by atoms with Gasteiger partial charge in [0.15, 0.2) is 0 Å². The molecule has 0 bridgehead atoms. The summed E-state index contributed by atoms with van der Waals surface area (Å²) in [5, 5.41) is 3.49. The fourth-order valence-electron chi connectivity index (χ4n) is 2.82. The third-order valence-corrected chi connectivity index (χ3v) is 3.95. The van der Waals surface area contributed by atoms with Crippen molar-refractivity contribution in [3.8, 4) is 0 Å². The second-order valence-electron chi connectivity index (χ2n) is 5.40. The lowest BCUT2D eigenvalue weighted by molar-refractivity contribution is -0.119. The highest BCUT2D eigenvalue weighted by Gasteiger charge is 2.18. The summed E-state index contributed by atoms with van der Waals surface area (Å²) in [4.78, 5) is 11.8. The predicted molar refractivity (Wildman–Crippen MR) is 68.1 cm³/mol. The zero-order valence-electron chi connectivity index (χ0n) is 10.7. The molecule has 0 radical (unpaired) electrons. The number of hydrogen-bond acceptors (Lipinski definition) is 3. The molecule has 98 valence electrons. The molecule has 3 nitrogen and oxygen atoms in total. The number of hydrogen-bond donors (Lipinski definition) is 1. The molecule has 17 heavy (non-hydrogen) atoms. The summed E-state index contributed by atoms with van der Waals surface area (Å²) >= 11 is 0. The van der Waals surface area contributed by atoms with Crippen molar-refractivity contribution in [3.05, 3.63) is 0 Å². The first-order valence-corrected chi connectivity index (χ1v) is 7.21. The van der Waals surface area contributed by atoms with Crippen LogP contribution in [0, 0.1) is 0 Å². The van der Waals surface area contributed by atoms with E-state index in [-0.39, 0.29) is 0 Å². The van der Waals surface area contributed by atoms with E-state index >= 15 is 0 Å². The van der Waals surface area contributed by atoms with E-state index in [4.69, 9.17) is 4.74 Å². The summed E-state index contributed by atoms with van der Waals surface area (Å²) in [6.45, 7) is 2.03. The maximum Gasteiger partial charge on any atom is 0.133 e. The average molecular weight is 239 g/mol. The topological polar surface area (TPSA) is 38.3 Å². The fourth-order valence-corrected chi connectivity index (χ4v) is 2.82. The van der Waals surface area contributed by atoms with E-state index in [1.165, 1.54) is 25.7 Å². The van der Waals surface area contributed by atoms with Gasteiger partial charge in [-0.25, -0.2) is 0 Å². The molecule has 0 aromatic carbocycles. The summed E-state index contributed by atoms with van der Waals surface area (Å²) < 4.78 is 5.53. The Morgan fingerprint density at radius 1 is 1.12 bits per heavy atom. The van der Waals surface area contributed by atoms with E-state index in [0.717, 1.165) is 45.3 Å². The Labute approximate surface area is 104 Å². The van der Waals surface area contributed by atoms with Crippen LogP contribution in [0.1, 0.15) is 57.8 Å². The van der Waals surface area contributed by atoms with Crippen LogP contribution >= 0.6 is 0 Å². The maximum absolute atomic E-state index is 11.8. The number of ether oxygens (including phenoxy) is 1. The number of carbonyl (C=O) groups is 1. The van der Waals surface area contributed by atoms with Gasteiger partial charge in [-0.2, -0.15) is 0 Å². The predicted octanol–water partition coefficient (Wildman–Crippen LogP) is 2.44. The van der Waals surface area contributed by atoms with Crippen molar-refractivity contribution in [3.63, 3.8) is 0 Å². The van der Waals surface area contributed by atoms with E-state index in [1.807, 2.05) is 0 Å². The number of carbonyl (C=O) groups excluding carboxylic acids is 1. The third kappa shape index (κ3) is 4.76. The molecule has 2 aliphatic heterocycles. The number of Topliss-reactive ketones (excluding diaryl/α,β-unsaturated/α-hetero) is 1. The molecular formula is C14H25NO2. The molecule has 2 atom stereocenters. The van der Waals surface area contributed by atoms with Crippen LogP contribution in [-0.4, -0.2) is 31.1 Å². The first-order chi connectivity index (χ1) is 8.34. The van der Waals surface area contributed by atoms with Gasteiger partial charge in [-0.05, 0) is 45.1 Å². The third-order valence-electron chi connectivity index (χ3n) is 3.95. The summed E-state index contributed by atoms with van der Waals surface area (Å²) in [5.41, 5.74) is 0. The van der Waals surface area contributed by atoms with Crippen molar-refractivity contribution in [1.29, 1.82) is 0 Å². The zero-order chi connectivity index (χ0) is 11.9. The number of ketones is 1. The Hall–Kier alpha value is -0.410. The molecule has 0 aromatic rings. The molecule has 3 heteroatoms. The number of rotatable bonds is 6. The fraction of sp³-hybridized carbons (Fsp3) is 0.929. The van der Waals surface area contributed by atoms with Gasteiger partial charge in [0, 0.05) is 25.5 Å². The summed E-state index contributed by atoms with van der Waals surface area (Å²) in [5.74, 6) is 0.424. The van der Waals surface area contributed by atoms with Crippen LogP contribution in [0.5, 0.6) is 0 Å². The van der Waals surface area contributed by atoms with E-state index in [1.54, 1.807) is 0 Å². The quantitative estimate of drug-likeness (QED) is 0.773. The Morgan fingerprint density at radius 2 is 2.00 bits per heavy atom. The van der Waals surface area contributed by atoms with Gasteiger partial charge in [0.25, 0.3) is 0 Å². The minimum atomic E-state index is 0.367. The molecule has 1 N–H and O–H groups in total. The largest absolute Gasteiger partial charge is 0.378 e. The summed E-state index contributed by atoms with van der Waals surface area (Å²) in [7, 11) is 0. The molecule has 0 aromatic heterocycles. The van der Waals surface area contributed by atoms with Crippen LogP contribution in [0.4, 0.5) is 0 Å². The maximum atomic E-state index is 11.8. The van der Waals surface area contributed by atoms with Crippen LogP contribution in [0.3, 0.4) is 0 Å². The van der Waals surface area contributed by atoms with E-state index in [9.17, 15) is 4.79 Å². The van der Waals surface area contributed by atoms with Gasteiger partial charge in [-0.1, -0.05) is 6.42 Å². The molecule has 2 fully saturated rings. The number of piperidine rings is 1. The lowest BCUT2D eigenvalue weighted by atomic mass is 9.98. The lowest BCUT2D eigenvalue weighted by Gasteiger charge is -2.23. The van der Waals surface area contributed by atoms with Crippen LogP contribution < -0.4 is 5.32 Å². The molecule has 2 unspecified atom stereocenters. The van der Waals surface area contributed by atoms with Crippen LogP contribution in [0.2, 0.25) is 0 Å². The molecule has 2 rings (SSSR count). The second kappa shape index (κ2) is 7.12. The van der Waals surface area contributed by atoms with Crippen molar-refractivity contribution in [2.45, 2.75) is 69.9 Å². The minimum absolute atomic E-state index is 0.367. The van der Waals surface area contributed by atoms with E-state index in [0.29, 0.717) is 17.9 Å². The van der Waals surface area contributed by atoms with E-state index < -0.39 is 0 Å². The monoisotopic (exact) mass is 239 g/mol. The molecule has 0 amide bonds. The molecule has 2 saturated heterocycles. The van der Waals surface area contributed by atoms with Crippen molar-refractivity contribution in [1.82, 2.24) is 5.32 Å². The highest BCUT2D eigenvalue weighted by Crippen LogP contribution is 2.18. The van der Waals surface area contributed by atoms with Gasteiger partial charge < -0.3 is 10.1 Å². The average Bonchev–Trinajstić information content (AvgIpc) is 2.88. The normalized spacial score (nSPS) is 29.4. The summed E-state index contributed by atoms with van der Waals surface area (Å²) in [6, 6.07) is 0.593. The van der Waals surface area contributed by atoms with Crippen molar-refractivity contribution in [2.75, 3.05) is 13.2 Å². The van der Waals surface area contributed by atoms with Crippen molar-refractivity contribution >= 4 is 5.78 Å². The Kier molecular flexibility index (Phi) is 5.46. The highest BCUT2D eigenvalue weighted by atomic mass is 16.5. The standard InChI is InChI=1S/C14H25NO2/c16-13(8-9-14-5-3-11-17-14)7-6-12-4-1-2-10-15-12/h12,14-15H,1-11H2. The zero-order valence-corrected chi connectivity index (χ0v) is 10.7. The van der Waals surface area contributed by atoms with Gasteiger partial charge in [-0.15, -0.1) is 0 Å². The van der Waals surface area contributed by atoms with Crippen LogP contribution in [-0.2, 0) is 9.53 Å². The molecule has 2 heterocycles. The van der Waals surface area contributed by atoms with Gasteiger partial charge >= 0.3 is 0 Å². The summed E-state index contributed by atoms with van der Waals surface area (Å²) in [6.07, 6.45) is 10.0. The Morgan fingerprint density at radius 3 is 2.71 bits per heavy atom. The van der Waals surface area contributed by atoms with Crippen molar-refractivity contribution < 1.29 is 9.53 Å². The van der Waals surface area contributed by atoms with Crippen molar-refractivity contribution in [2.24, 2.45) is 0 Å². The van der Waals surface area contributed by atoms with E-state index in [2.05, 4.69) is 5.32 Å². The first kappa shape index (κ1) is 13.0. The highest BCUT2D eigenvalue weighted by molar-refractivity contribution is 5.78. The molecule has 0 saturated carbocycles. The van der Waals surface area contributed by atoms with Gasteiger partial charge in [0.05, 0.1) is 6.10 Å². The number of nitrogens with one attached hydrogen (secondary N) is 1. The van der Waals surface area contributed by atoms with Crippen LogP contribution in [0.15, 0.2) is 0 Å². The SMILES string of the molecule is O=C(CCC1CCCCN1)CCC1CCCO1. The van der Waals surface area contributed by atoms with Crippen LogP contribution in [0.25, 0.3) is 0 Å². The first-order valence-electron chi connectivity index (χ1n) is 7.21. The minimum Gasteiger partial charge on any atom is -0.378 e. The molecule has 0 spiro atoms. The second-order valence-corrected chi connectivity index (χ2v) is 5.40.